The summed E-state index contributed by atoms with van der Waals surface area (Å²) in [6.07, 6.45) is 3.07. The molecular weight excluding hydrogens is 479 g/mol. The highest BCUT2D eigenvalue weighted by molar-refractivity contribution is 7.17. The monoisotopic (exact) mass is 500 g/mol. The summed E-state index contributed by atoms with van der Waals surface area (Å²) in [7, 11) is 0. The van der Waals surface area contributed by atoms with Crippen LogP contribution < -0.4 is 10.6 Å². The molecule has 0 spiro atoms. The largest absolute Gasteiger partial charge is 0.378 e. The lowest BCUT2D eigenvalue weighted by molar-refractivity contribution is -0.118. The lowest BCUT2D eigenvalue weighted by Gasteiger charge is -2.29. The second kappa shape index (κ2) is 9.21. The minimum atomic E-state index is -0.889. The number of aromatic nitrogens is 4. The molecule has 1 fully saturated rings. The average Bonchev–Trinajstić information content (AvgIpc) is 3.39. The van der Waals surface area contributed by atoms with Gasteiger partial charge in [-0.15, -0.1) is 11.3 Å². The molecule has 0 aliphatic carbocycles. The first-order valence-corrected chi connectivity index (χ1v) is 12.3. The number of hydrogen-bond acceptors (Lipinski definition) is 8. The predicted molar refractivity (Wildman–Crippen MR) is 136 cm³/mol. The Morgan fingerprint density at radius 2 is 1.97 bits per heavy atom. The van der Waals surface area contributed by atoms with Crippen molar-refractivity contribution < 1.29 is 13.9 Å². The number of rotatable bonds is 5. The van der Waals surface area contributed by atoms with Crippen molar-refractivity contribution in [3.63, 3.8) is 0 Å². The maximum Gasteiger partial charge on any atom is 0.231 e. The molecule has 1 aliphatic heterocycles. The Morgan fingerprint density at radius 1 is 1.11 bits per heavy atom. The highest BCUT2D eigenvalue weighted by Gasteiger charge is 2.27. The van der Waals surface area contributed by atoms with Gasteiger partial charge in [-0.2, -0.15) is 10.2 Å². The van der Waals surface area contributed by atoms with Crippen LogP contribution in [-0.4, -0.2) is 52.4 Å². The van der Waals surface area contributed by atoms with Gasteiger partial charge in [0.1, 0.15) is 18.1 Å². The average molecular weight is 501 g/mol. The van der Waals surface area contributed by atoms with Crippen LogP contribution in [0.2, 0.25) is 0 Å². The lowest BCUT2D eigenvalue weighted by atomic mass is 9.91. The Balaban J connectivity index is 1.46. The normalized spacial score (nSPS) is 14.9. The Hall–Kier alpha value is -4.02. The zero-order valence-electron chi connectivity index (χ0n) is 19.1. The molecule has 36 heavy (non-hydrogen) atoms. The zero-order valence-corrected chi connectivity index (χ0v) is 19.9. The SMILES string of the molecule is NC(=O)C(c1ccc(F)c(-c2ncnc3cc(N4CCOCC4)ccc23)c1)c1nncc2ccsc12. The Labute approximate surface area is 209 Å². The van der Waals surface area contributed by atoms with Gasteiger partial charge in [0, 0.05) is 35.1 Å². The number of amides is 1. The van der Waals surface area contributed by atoms with E-state index in [-0.39, 0.29) is 5.56 Å². The summed E-state index contributed by atoms with van der Waals surface area (Å²) in [4.78, 5) is 23.7. The van der Waals surface area contributed by atoms with Crippen LogP contribution in [0.4, 0.5) is 10.1 Å². The topological polar surface area (TPSA) is 107 Å². The highest BCUT2D eigenvalue weighted by Crippen LogP contribution is 2.36. The number of carbonyl (C=O) groups excluding carboxylic acids is 1. The number of anilines is 1. The molecular formula is C26H21FN6O2S. The van der Waals surface area contributed by atoms with Crippen LogP contribution in [0.1, 0.15) is 17.2 Å². The van der Waals surface area contributed by atoms with Gasteiger partial charge in [-0.3, -0.25) is 4.79 Å². The molecule has 5 aromatic rings. The maximum atomic E-state index is 15.2. The van der Waals surface area contributed by atoms with E-state index in [1.54, 1.807) is 18.3 Å². The van der Waals surface area contributed by atoms with E-state index in [2.05, 4.69) is 25.1 Å². The molecule has 4 heterocycles. The quantitative estimate of drug-likeness (QED) is 0.390. The van der Waals surface area contributed by atoms with Gasteiger partial charge in [0.15, 0.2) is 0 Å². The molecule has 10 heteroatoms. The third-order valence-corrected chi connectivity index (χ3v) is 7.38. The molecule has 2 N–H and O–H groups in total. The number of nitrogens with zero attached hydrogens (tertiary/aromatic N) is 5. The summed E-state index contributed by atoms with van der Waals surface area (Å²) in [6.45, 7) is 2.95. The predicted octanol–water partition coefficient (Wildman–Crippen LogP) is 3.89. The van der Waals surface area contributed by atoms with Crippen molar-refractivity contribution in [2.75, 3.05) is 31.2 Å². The fourth-order valence-corrected chi connectivity index (χ4v) is 5.54. The number of thiophene rings is 1. The summed E-state index contributed by atoms with van der Waals surface area (Å²) in [5.74, 6) is -1.94. The van der Waals surface area contributed by atoms with E-state index < -0.39 is 17.6 Å². The second-order valence-electron chi connectivity index (χ2n) is 8.53. The number of morpholine rings is 1. The molecule has 8 nitrogen and oxygen atoms in total. The molecule has 1 unspecified atom stereocenters. The van der Waals surface area contributed by atoms with E-state index in [1.807, 2.05) is 29.6 Å². The van der Waals surface area contributed by atoms with E-state index in [0.717, 1.165) is 28.9 Å². The molecule has 0 bridgehead atoms. The molecule has 180 valence electrons. The third kappa shape index (κ3) is 3.94. The fourth-order valence-electron chi connectivity index (χ4n) is 4.66. The summed E-state index contributed by atoms with van der Waals surface area (Å²) in [6, 6.07) is 12.3. The number of carbonyl (C=O) groups is 1. The van der Waals surface area contributed by atoms with Crippen molar-refractivity contribution in [1.82, 2.24) is 20.2 Å². The van der Waals surface area contributed by atoms with Crippen LogP contribution in [0.5, 0.6) is 0 Å². The molecule has 0 saturated carbocycles. The van der Waals surface area contributed by atoms with Gasteiger partial charge < -0.3 is 15.4 Å². The number of halogens is 1. The van der Waals surface area contributed by atoms with Gasteiger partial charge in [-0.25, -0.2) is 14.4 Å². The number of primary amides is 1. The summed E-state index contributed by atoms with van der Waals surface area (Å²) < 4.78 is 21.5. The van der Waals surface area contributed by atoms with Gasteiger partial charge in [0.2, 0.25) is 5.91 Å². The van der Waals surface area contributed by atoms with Gasteiger partial charge in [-0.05, 0) is 47.3 Å². The summed E-state index contributed by atoms with van der Waals surface area (Å²) >= 11 is 1.46. The van der Waals surface area contributed by atoms with E-state index >= 15 is 4.39 Å². The van der Waals surface area contributed by atoms with Gasteiger partial charge in [-0.1, -0.05) is 6.07 Å². The summed E-state index contributed by atoms with van der Waals surface area (Å²) in [5, 5.41) is 11.8. The molecule has 1 saturated heterocycles. The minimum Gasteiger partial charge on any atom is -0.378 e. The Morgan fingerprint density at radius 3 is 2.81 bits per heavy atom. The van der Waals surface area contributed by atoms with Crippen molar-refractivity contribution in [2.24, 2.45) is 5.73 Å². The minimum absolute atomic E-state index is 0.261. The van der Waals surface area contributed by atoms with Crippen LogP contribution in [0.15, 0.2) is 60.4 Å². The number of ether oxygens (including phenoxy) is 1. The van der Waals surface area contributed by atoms with Gasteiger partial charge in [0.05, 0.1) is 41.0 Å². The van der Waals surface area contributed by atoms with Crippen LogP contribution in [0, 0.1) is 5.82 Å². The van der Waals surface area contributed by atoms with Crippen molar-refractivity contribution in [3.05, 3.63) is 77.4 Å². The standard InChI is InChI=1S/C26H21FN6O2S/c27-20-4-1-15(22(26(28)34)24-25-16(5-10-36-25)13-31-32-24)11-19(20)23-18-3-2-17(12-21(18)29-14-30-23)33-6-8-35-9-7-33/h1-5,10-14,22H,6-9H2,(H2,28,34). The van der Waals surface area contributed by atoms with Crippen molar-refractivity contribution in [3.8, 4) is 11.3 Å². The number of hydrogen-bond donors (Lipinski definition) is 1. The fraction of sp³-hybridized carbons (Fsp3) is 0.192. The smallest absolute Gasteiger partial charge is 0.231 e. The van der Waals surface area contributed by atoms with E-state index in [4.69, 9.17) is 10.5 Å². The van der Waals surface area contributed by atoms with E-state index in [9.17, 15) is 4.79 Å². The first kappa shape index (κ1) is 22.4. The number of nitrogens with two attached hydrogens (primary N) is 1. The first-order valence-electron chi connectivity index (χ1n) is 11.5. The molecule has 6 rings (SSSR count). The zero-order chi connectivity index (χ0) is 24.6. The van der Waals surface area contributed by atoms with Crippen molar-refractivity contribution in [2.45, 2.75) is 5.92 Å². The molecule has 1 aliphatic rings. The first-order chi connectivity index (χ1) is 17.6. The lowest BCUT2D eigenvalue weighted by Crippen LogP contribution is -2.36. The summed E-state index contributed by atoms with van der Waals surface area (Å²) in [5.41, 5.74) is 9.24. The van der Waals surface area contributed by atoms with Gasteiger partial charge in [0.25, 0.3) is 0 Å². The van der Waals surface area contributed by atoms with Crippen LogP contribution in [-0.2, 0) is 9.53 Å². The second-order valence-corrected chi connectivity index (χ2v) is 9.45. The number of fused-ring (bicyclic) bond motifs is 2. The van der Waals surface area contributed by atoms with Crippen molar-refractivity contribution in [1.29, 1.82) is 0 Å². The molecule has 0 radical (unpaired) electrons. The van der Waals surface area contributed by atoms with Crippen LogP contribution in [0.3, 0.4) is 0 Å². The third-order valence-electron chi connectivity index (χ3n) is 6.42. The van der Waals surface area contributed by atoms with Crippen LogP contribution in [0.25, 0.3) is 32.2 Å². The van der Waals surface area contributed by atoms with Gasteiger partial charge >= 0.3 is 0 Å². The molecule has 3 aromatic heterocycles. The highest BCUT2D eigenvalue weighted by atomic mass is 32.1. The molecule has 2 aromatic carbocycles. The van der Waals surface area contributed by atoms with E-state index in [0.29, 0.717) is 41.1 Å². The van der Waals surface area contributed by atoms with E-state index in [1.165, 1.54) is 23.7 Å². The van der Waals surface area contributed by atoms with Crippen molar-refractivity contribution >= 4 is 43.9 Å². The van der Waals surface area contributed by atoms with Crippen LogP contribution >= 0.6 is 11.3 Å². The maximum absolute atomic E-state index is 15.2. The molecule has 1 atom stereocenters. The number of benzene rings is 2. The molecule has 1 amide bonds. The Kier molecular flexibility index (Phi) is 5.74. The Bertz CT molecular complexity index is 1600.